The minimum atomic E-state index is -0.846. The van der Waals surface area contributed by atoms with Crippen molar-refractivity contribution in [3.63, 3.8) is 0 Å². The van der Waals surface area contributed by atoms with E-state index in [1.807, 2.05) is 0 Å². The second-order valence-electron chi connectivity index (χ2n) is 19.8. The predicted molar refractivity (Wildman–Crippen MR) is 248 cm³/mol. The average molecular weight is 837 g/mol. The highest BCUT2D eigenvalue weighted by atomic mass is 16.5. The molecule has 2 atom stereocenters. The van der Waals surface area contributed by atoms with E-state index in [1.54, 1.807) is 0 Å². The van der Waals surface area contributed by atoms with E-state index in [9.17, 15) is 0 Å². The van der Waals surface area contributed by atoms with Crippen LogP contribution < -0.4 is 13.9 Å². The van der Waals surface area contributed by atoms with E-state index >= 15 is 0 Å². The van der Waals surface area contributed by atoms with E-state index < -0.39 is 16.5 Å². The van der Waals surface area contributed by atoms with Crippen molar-refractivity contribution in [3.05, 3.63) is 272 Å². The molecule has 6 aliphatic carbocycles. The summed E-state index contributed by atoms with van der Waals surface area (Å²) in [5.74, 6) is 1.83. The lowest BCUT2D eigenvalue weighted by atomic mass is 9.55. The molecule has 66 heavy (non-hydrogen) atoms. The third-order valence-electron chi connectivity index (χ3n) is 17.9. The number of aromatic nitrogens is 4. The summed E-state index contributed by atoms with van der Waals surface area (Å²) in [6, 6.07) is 55.3. The van der Waals surface area contributed by atoms with Gasteiger partial charge in [0, 0.05) is 48.0 Å². The summed E-state index contributed by atoms with van der Waals surface area (Å²) >= 11 is 0. The van der Waals surface area contributed by atoms with Crippen molar-refractivity contribution in [1.82, 2.24) is 9.97 Å². The fraction of sp³-hybridized carbons (Fsp3) is 0.0820. The van der Waals surface area contributed by atoms with E-state index in [4.69, 9.17) is 14.7 Å². The Kier molecular flexibility index (Phi) is 4.91. The van der Waals surface area contributed by atoms with Gasteiger partial charge in [-0.05, 0) is 113 Å². The highest BCUT2D eigenvalue weighted by Gasteiger charge is 2.75. The summed E-state index contributed by atoms with van der Waals surface area (Å²) in [5, 5.41) is 0. The second-order valence-corrected chi connectivity index (χ2v) is 19.8. The Morgan fingerprint density at radius 3 is 1.17 bits per heavy atom. The van der Waals surface area contributed by atoms with Gasteiger partial charge in [-0.2, -0.15) is 0 Å². The van der Waals surface area contributed by atoms with Crippen LogP contribution in [0.15, 0.2) is 183 Å². The molecule has 0 radical (unpaired) electrons. The van der Waals surface area contributed by atoms with Crippen LogP contribution in [0.4, 0.5) is 0 Å². The topological polar surface area (TPSA) is 42.8 Å². The first-order valence-electron chi connectivity index (χ1n) is 23.3. The Balaban J connectivity index is 1.05. The molecule has 0 saturated heterocycles. The molecular weight excluding hydrogens is 805 g/mol. The lowest BCUT2D eigenvalue weighted by Gasteiger charge is -2.49. The Bertz CT molecular complexity index is 3790. The van der Waals surface area contributed by atoms with Crippen LogP contribution in [0.1, 0.15) is 101 Å². The van der Waals surface area contributed by atoms with Crippen LogP contribution in [0.2, 0.25) is 0 Å². The van der Waals surface area contributed by atoms with E-state index in [-0.39, 0.29) is 11.8 Å². The number of hydrogen-bond donors (Lipinski definition) is 0. The molecule has 0 amide bonds. The number of rotatable bonds is 0. The highest BCUT2D eigenvalue weighted by molar-refractivity contribution is 5.95. The number of fused-ring (bicyclic) bond motifs is 16. The van der Waals surface area contributed by atoms with Crippen LogP contribution in [-0.2, 0) is 16.5 Å². The van der Waals surface area contributed by atoms with Crippen LogP contribution >= 0.6 is 0 Å². The van der Waals surface area contributed by atoms with Crippen molar-refractivity contribution in [2.75, 3.05) is 0 Å². The standard InChI is InChI=1S/C61H32N4O/c1-5-17-39-31(11-1)32-12-2-6-18-40(32)59(39)43-21-23-47-55-51(43)53-49-37(27-62-29-45(49)59)35-15-9-25-64(57(35)53)61(55)56-48(66-47)24-22-44-52(56)54-50-38(36-16-10-26-65(61)58(36)54)28-63-30-46(50)60(44)41-19-7-3-13-33(41)34-14-4-8-20-42(34)60/h1-30,53-54H/q+2. The van der Waals surface area contributed by atoms with Crippen molar-refractivity contribution in [3.8, 4) is 56.0 Å². The van der Waals surface area contributed by atoms with E-state index in [2.05, 4.69) is 192 Å². The molecule has 4 aromatic heterocycles. The first-order chi connectivity index (χ1) is 32.8. The maximum atomic E-state index is 7.57. The molecule has 7 heterocycles. The van der Waals surface area contributed by atoms with Gasteiger partial charge in [-0.1, -0.05) is 109 Å². The molecule has 6 aromatic carbocycles. The molecule has 19 rings (SSSR count). The molecule has 3 aliphatic heterocycles. The first kappa shape index (κ1) is 32.4. The Morgan fingerprint density at radius 1 is 0.348 bits per heavy atom. The average Bonchev–Trinajstić information content (AvgIpc) is 4.09. The van der Waals surface area contributed by atoms with Crippen LogP contribution in [0.25, 0.3) is 44.5 Å². The second kappa shape index (κ2) is 10.00. The lowest BCUT2D eigenvalue weighted by molar-refractivity contribution is -0.979. The summed E-state index contributed by atoms with van der Waals surface area (Å²) in [4.78, 5) is 10.4. The SMILES string of the molecule is c1ccc2c(c1)-c1ccccc1C21c2cncc3c2C2c4c1ccc1c4C4(c5c(ccc6c5C5c7c(cncc7C67c6ccccc6-c6ccccc67)-c6ccc[n+]4c65)O1)[n+]1cccc-3c12. The zero-order chi connectivity index (χ0) is 42.2. The molecule has 2 unspecified atom stereocenters. The van der Waals surface area contributed by atoms with Crippen molar-refractivity contribution in [1.29, 1.82) is 0 Å². The van der Waals surface area contributed by atoms with Gasteiger partial charge in [0.05, 0.1) is 33.8 Å². The quantitative estimate of drug-likeness (QED) is 0.143. The van der Waals surface area contributed by atoms with Crippen LogP contribution in [-0.4, -0.2) is 9.97 Å². The summed E-state index contributed by atoms with van der Waals surface area (Å²) in [6.07, 6.45) is 13.5. The molecule has 0 bridgehead atoms. The minimum absolute atomic E-state index is 0.0111. The van der Waals surface area contributed by atoms with Gasteiger partial charge in [-0.3, -0.25) is 9.97 Å². The summed E-state index contributed by atoms with van der Waals surface area (Å²) in [5.41, 5.74) is 29.3. The first-order valence-corrected chi connectivity index (χ1v) is 23.3. The van der Waals surface area contributed by atoms with Gasteiger partial charge < -0.3 is 4.74 Å². The zero-order valence-electron chi connectivity index (χ0n) is 35.2. The fourth-order valence-corrected chi connectivity index (χ4v) is 16.2. The van der Waals surface area contributed by atoms with Crippen molar-refractivity contribution < 1.29 is 13.9 Å². The normalized spacial score (nSPS) is 20.8. The third kappa shape index (κ3) is 2.86. The predicted octanol–water partition coefficient (Wildman–Crippen LogP) is 10.8. The van der Waals surface area contributed by atoms with Gasteiger partial charge in [0.2, 0.25) is 11.4 Å². The molecular formula is C61H32N4O+2. The van der Waals surface area contributed by atoms with Crippen LogP contribution in [0, 0.1) is 0 Å². The van der Waals surface area contributed by atoms with Crippen molar-refractivity contribution in [2.24, 2.45) is 0 Å². The molecule has 5 heteroatoms. The number of pyridine rings is 4. The van der Waals surface area contributed by atoms with Crippen molar-refractivity contribution >= 4 is 0 Å². The molecule has 5 nitrogen and oxygen atoms in total. The molecule has 10 aromatic rings. The van der Waals surface area contributed by atoms with Gasteiger partial charge >= 0.3 is 5.66 Å². The summed E-state index contributed by atoms with van der Waals surface area (Å²) in [7, 11) is 0. The highest BCUT2D eigenvalue weighted by Crippen LogP contribution is 2.72. The minimum Gasteiger partial charge on any atom is -0.456 e. The van der Waals surface area contributed by atoms with Crippen LogP contribution in [0.3, 0.4) is 0 Å². The van der Waals surface area contributed by atoms with Crippen molar-refractivity contribution in [2.45, 2.75) is 28.3 Å². The van der Waals surface area contributed by atoms with Gasteiger partial charge in [0.1, 0.15) is 22.6 Å². The molecule has 3 spiro atoms. The lowest BCUT2D eigenvalue weighted by Crippen LogP contribution is -2.80. The largest absolute Gasteiger partial charge is 0.456 e. The maximum Gasteiger partial charge on any atom is 0.423 e. The Hall–Kier alpha value is -8.28. The number of ether oxygens (including phenoxy) is 1. The third-order valence-corrected chi connectivity index (χ3v) is 17.9. The van der Waals surface area contributed by atoms with E-state index in [1.165, 1.54) is 134 Å². The fourth-order valence-electron chi connectivity index (χ4n) is 16.2. The van der Waals surface area contributed by atoms with E-state index in [0.29, 0.717) is 0 Å². The van der Waals surface area contributed by atoms with E-state index in [0.717, 1.165) is 11.5 Å². The van der Waals surface area contributed by atoms with Crippen LogP contribution in [0.5, 0.6) is 11.5 Å². The molecule has 9 aliphatic rings. The van der Waals surface area contributed by atoms with Gasteiger partial charge in [-0.15, -0.1) is 9.13 Å². The zero-order valence-corrected chi connectivity index (χ0v) is 35.2. The molecule has 0 N–H and O–H groups in total. The Morgan fingerprint density at radius 2 is 0.742 bits per heavy atom. The molecule has 300 valence electrons. The number of hydrogen-bond acceptors (Lipinski definition) is 3. The summed E-state index contributed by atoms with van der Waals surface area (Å²) < 4.78 is 13.0. The monoisotopic (exact) mass is 836 g/mol. The number of nitrogens with zero attached hydrogens (tertiary/aromatic N) is 4. The van der Waals surface area contributed by atoms with Gasteiger partial charge in [-0.25, -0.2) is 0 Å². The van der Waals surface area contributed by atoms with Gasteiger partial charge in [0.15, 0.2) is 12.4 Å². The molecule has 0 saturated carbocycles. The molecule has 0 fully saturated rings. The number of benzene rings is 6. The maximum absolute atomic E-state index is 7.57. The Labute approximate surface area is 378 Å². The van der Waals surface area contributed by atoms with Gasteiger partial charge in [0.25, 0.3) is 0 Å². The smallest absolute Gasteiger partial charge is 0.423 e. The summed E-state index contributed by atoms with van der Waals surface area (Å²) in [6.45, 7) is 0.